The van der Waals surface area contributed by atoms with Crippen molar-refractivity contribution < 1.29 is 0 Å². The summed E-state index contributed by atoms with van der Waals surface area (Å²) < 4.78 is 9.50. The van der Waals surface area contributed by atoms with Gasteiger partial charge in [-0.05, 0) is 128 Å². The lowest BCUT2D eigenvalue weighted by molar-refractivity contribution is 1.06. The SMILES string of the molecule is Cc1ccc2c(c1)c1cc(C)ccc1n2-c1c(-c2ccc(-n3c4ccccc4c4ccccc43)cc2)c(-c2ccc(-n3c4ccccc4c4ccccc43)cc2)c(C#N)c(-c2ccc(-n3c4ccccc4c4ccccc43)cc2)c1-c1nc(-c2ccccc2)nc(-c2ccccc2)n1. The maximum Gasteiger partial charge on any atom is 0.166 e. The van der Waals surface area contributed by atoms with Crippen molar-refractivity contribution in [3.63, 3.8) is 0 Å². The average molecular weight is 1250 g/mol. The minimum atomic E-state index is 0.413. The zero-order valence-corrected chi connectivity index (χ0v) is 53.6. The highest BCUT2D eigenvalue weighted by Crippen LogP contribution is 2.53. The van der Waals surface area contributed by atoms with Gasteiger partial charge >= 0.3 is 0 Å². The van der Waals surface area contributed by atoms with Crippen molar-refractivity contribution in [3.05, 3.63) is 332 Å². The summed E-state index contributed by atoms with van der Waals surface area (Å²) in [5.41, 5.74) is 22.4. The Labute approximate surface area is 564 Å². The van der Waals surface area contributed by atoms with Crippen LogP contribution in [0.4, 0.5) is 0 Å². The average Bonchev–Trinajstić information content (AvgIpc) is 1.25. The second-order valence-corrected chi connectivity index (χ2v) is 25.5. The van der Waals surface area contributed by atoms with E-state index in [1.165, 1.54) is 32.3 Å². The second kappa shape index (κ2) is 22.5. The van der Waals surface area contributed by atoms with Crippen LogP contribution in [0.15, 0.2) is 315 Å². The summed E-state index contributed by atoms with van der Waals surface area (Å²) in [6, 6.07) is 115. The standard InChI is InChI=1S/C90H58N8/c1-56-37-51-81-72(53-56)73-54-57(2)38-52-82(73)98(81)87-85(60-43-49-65(50-44-60)97-79-35-19-13-29-70(79)71-30-14-20-36-80(71)97)83(58-39-45-63(46-40-58)95-75-31-15-9-25-66(75)67-26-10-16-32-76(67)95)74(55-91)84(59-41-47-64(48-42-59)96-77-33-17-11-27-68(77)69-28-12-18-34-78(69)96)86(87)90-93-88(61-21-5-3-6-22-61)92-89(94-90)62-23-7-4-8-24-62/h3-54H,1-2H3. The van der Waals surface area contributed by atoms with Crippen LogP contribution in [0.5, 0.6) is 0 Å². The molecule has 0 aliphatic rings. The third-order valence-corrected chi connectivity index (χ3v) is 19.8. The van der Waals surface area contributed by atoms with Crippen molar-refractivity contribution >= 4 is 87.2 Å². The summed E-state index contributed by atoms with van der Waals surface area (Å²) >= 11 is 0. The first-order valence-corrected chi connectivity index (χ1v) is 33.2. The molecule has 0 amide bonds. The van der Waals surface area contributed by atoms with E-state index in [1.54, 1.807) is 0 Å². The largest absolute Gasteiger partial charge is 0.309 e. The first kappa shape index (κ1) is 56.3. The molecule has 0 bridgehead atoms. The van der Waals surface area contributed by atoms with Crippen molar-refractivity contribution in [1.29, 1.82) is 5.26 Å². The zero-order valence-electron chi connectivity index (χ0n) is 53.6. The van der Waals surface area contributed by atoms with Crippen LogP contribution in [0, 0.1) is 25.2 Å². The molecule has 0 atom stereocenters. The molecule has 98 heavy (non-hydrogen) atoms. The molecule has 0 saturated heterocycles. The molecule has 0 aliphatic carbocycles. The van der Waals surface area contributed by atoms with Gasteiger partial charge in [-0.3, -0.25) is 0 Å². The van der Waals surface area contributed by atoms with Gasteiger partial charge in [-0.1, -0.05) is 230 Å². The minimum Gasteiger partial charge on any atom is -0.309 e. The van der Waals surface area contributed by atoms with Crippen LogP contribution < -0.4 is 0 Å². The van der Waals surface area contributed by atoms with E-state index >= 15 is 0 Å². The molecule has 0 aliphatic heterocycles. The Balaban J connectivity index is 0.987. The van der Waals surface area contributed by atoms with Crippen LogP contribution in [-0.4, -0.2) is 33.2 Å². The Morgan fingerprint density at radius 2 is 0.531 bits per heavy atom. The predicted molar refractivity (Wildman–Crippen MR) is 404 cm³/mol. The summed E-state index contributed by atoms with van der Waals surface area (Å²) in [5.74, 6) is 1.42. The molecular weight excluding hydrogens is 1190 g/mol. The number of para-hydroxylation sites is 6. The fourth-order valence-electron chi connectivity index (χ4n) is 15.5. The van der Waals surface area contributed by atoms with Crippen molar-refractivity contribution in [2.45, 2.75) is 13.8 Å². The van der Waals surface area contributed by atoms with Crippen molar-refractivity contribution in [2.75, 3.05) is 0 Å². The first-order chi connectivity index (χ1) is 48.4. The van der Waals surface area contributed by atoms with Gasteiger partial charge < -0.3 is 18.3 Å². The Bertz CT molecular complexity index is 6210. The van der Waals surface area contributed by atoms with E-state index in [9.17, 15) is 5.26 Å². The number of aromatic nitrogens is 7. The Kier molecular flexibility index (Phi) is 12.9. The zero-order chi connectivity index (χ0) is 65.1. The molecule has 14 aromatic carbocycles. The van der Waals surface area contributed by atoms with Crippen molar-refractivity contribution in [2.24, 2.45) is 0 Å². The van der Waals surface area contributed by atoms with Crippen LogP contribution in [0.2, 0.25) is 0 Å². The van der Waals surface area contributed by atoms with E-state index in [0.717, 1.165) is 128 Å². The molecule has 0 saturated carbocycles. The smallest absolute Gasteiger partial charge is 0.166 e. The van der Waals surface area contributed by atoms with E-state index in [1.807, 2.05) is 36.4 Å². The Morgan fingerprint density at radius 3 is 0.867 bits per heavy atom. The molecule has 458 valence electrons. The molecule has 19 aromatic rings. The molecule has 5 aromatic heterocycles. The van der Waals surface area contributed by atoms with Gasteiger partial charge in [0.15, 0.2) is 17.5 Å². The maximum absolute atomic E-state index is 12.9. The summed E-state index contributed by atoms with van der Waals surface area (Å²) in [7, 11) is 0. The normalized spacial score (nSPS) is 11.8. The van der Waals surface area contributed by atoms with Crippen LogP contribution in [0.3, 0.4) is 0 Å². The van der Waals surface area contributed by atoms with Gasteiger partial charge in [-0.25, -0.2) is 15.0 Å². The van der Waals surface area contributed by atoms with E-state index in [2.05, 4.69) is 317 Å². The third-order valence-electron chi connectivity index (χ3n) is 19.8. The second-order valence-electron chi connectivity index (χ2n) is 25.5. The van der Waals surface area contributed by atoms with Crippen LogP contribution >= 0.6 is 0 Å². The topological polar surface area (TPSA) is 82.2 Å². The number of hydrogen-bond donors (Lipinski definition) is 0. The lowest BCUT2D eigenvalue weighted by Crippen LogP contribution is -2.10. The highest BCUT2D eigenvalue weighted by molar-refractivity contribution is 6.16. The summed E-state index contributed by atoms with van der Waals surface area (Å²) in [5, 5.41) is 22.2. The van der Waals surface area contributed by atoms with Crippen molar-refractivity contribution in [3.8, 4) is 96.4 Å². The molecule has 0 N–H and O–H groups in total. The summed E-state index contributed by atoms with van der Waals surface area (Å²) in [4.78, 5) is 16.8. The number of benzene rings is 14. The molecule has 19 rings (SSSR count). The number of nitriles is 1. The van der Waals surface area contributed by atoms with E-state index in [0.29, 0.717) is 34.2 Å². The van der Waals surface area contributed by atoms with Gasteiger partial charge in [-0.15, -0.1) is 0 Å². The highest BCUT2D eigenvalue weighted by Gasteiger charge is 2.33. The fourth-order valence-corrected chi connectivity index (χ4v) is 15.5. The molecule has 8 heteroatoms. The highest BCUT2D eigenvalue weighted by atomic mass is 15.1. The van der Waals surface area contributed by atoms with Crippen molar-refractivity contribution in [1.82, 2.24) is 33.2 Å². The lowest BCUT2D eigenvalue weighted by Gasteiger charge is -2.27. The number of aryl methyl sites for hydroxylation is 2. The van der Waals surface area contributed by atoms with Gasteiger partial charge in [0.25, 0.3) is 0 Å². The molecule has 0 unspecified atom stereocenters. The summed E-state index contributed by atoms with van der Waals surface area (Å²) in [6.45, 7) is 4.33. The van der Waals surface area contributed by atoms with Crippen LogP contribution in [0.25, 0.3) is 178 Å². The van der Waals surface area contributed by atoms with Gasteiger partial charge in [-0.2, -0.15) is 5.26 Å². The molecule has 0 radical (unpaired) electrons. The van der Waals surface area contributed by atoms with Gasteiger partial charge in [0, 0.05) is 88.0 Å². The van der Waals surface area contributed by atoms with Gasteiger partial charge in [0.05, 0.1) is 60.9 Å². The maximum atomic E-state index is 12.9. The monoisotopic (exact) mass is 1250 g/mol. The minimum absolute atomic E-state index is 0.413. The van der Waals surface area contributed by atoms with E-state index in [4.69, 9.17) is 15.0 Å². The van der Waals surface area contributed by atoms with E-state index < -0.39 is 0 Å². The molecule has 0 spiro atoms. The lowest BCUT2D eigenvalue weighted by atomic mass is 9.81. The van der Waals surface area contributed by atoms with Gasteiger partial charge in [0.1, 0.15) is 6.07 Å². The molecule has 8 nitrogen and oxygen atoms in total. The molecule has 0 fully saturated rings. The van der Waals surface area contributed by atoms with Gasteiger partial charge in [0.2, 0.25) is 0 Å². The predicted octanol–water partition coefficient (Wildman–Crippen LogP) is 22.8. The first-order valence-electron chi connectivity index (χ1n) is 33.2. The molecular formula is C90H58N8. The Hall–Kier alpha value is -13.2. The summed E-state index contributed by atoms with van der Waals surface area (Å²) in [6.07, 6.45) is 0. The number of fused-ring (bicyclic) bond motifs is 12. The Morgan fingerprint density at radius 1 is 0.245 bits per heavy atom. The third kappa shape index (κ3) is 8.80. The van der Waals surface area contributed by atoms with Crippen LogP contribution in [0.1, 0.15) is 16.7 Å². The number of rotatable bonds is 10. The van der Waals surface area contributed by atoms with E-state index in [-0.39, 0.29) is 0 Å². The fraction of sp³-hybridized carbons (Fsp3) is 0.0222. The number of hydrogen-bond acceptors (Lipinski definition) is 4. The quantitative estimate of drug-likeness (QED) is 0.137. The number of nitrogens with zero attached hydrogens (tertiary/aromatic N) is 8. The molecule has 5 heterocycles. The van der Waals surface area contributed by atoms with Crippen LogP contribution in [-0.2, 0) is 0 Å².